The van der Waals surface area contributed by atoms with Crippen LogP contribution in [-0.4, -0.2) is 18.2 Å². The maximum Gasteiger partial charge on any atom is 0.335 e. The molecule has 0 aliphatic rings. The first-order chi connectivity index (χ1) is 13.0. The van der Waals surface area contributed by atoms with Crippen LogP contribution in [0.3, 0.4) is 0 Å². The van der Waals surface area contributed by atoms with Gasteiger partial charge >= 0.3 is 11.9 Å². The Bertz CT molecular complexity index is 517. The van der Waals surface area contributed by atoms with Crippen molar-refractivity contribution in [3.05, 3.63) is 35.8 Å². The molecular weight excluding hydrogens is 344 g/mol. The number of esters is 2. The van der Waals surface area contributed by atoms with Crippen LogP contribution in [0, 0.1) is 0 Å². The van der Waals surface area contributed by atoms with E-state index < -0.39 is 18.2 Å². The minimum atomic E-state index is -0.720. The predicted molar refractivity (Wildman–Crippen MR) is 108 cm³/mol. The van der Waals surface area contributed by atoms with Crippen molar-refractivity contribution in [1.82, 2.24) is 0 Å². The fraction of sp³-hybridized carbons (Fsp3) is 0.636. The molecule has 154 valence electrons. The SMILES string of the molecule is CCCC/C(=C\OC(=O)/C=C\C(=O)OC(C)O/C=C(\CC)CCCC)CC. The molecule has 27 heavy (non-hydrogen) atoms. The number of ether oxygens (including phenoxy) is 3. The second-order valence-corrected chi connectivity index (χ2v) is 6.38. The zero-order valence-corrected chi connectivity index (χ0v) is 17.6. The highest BCUT2D eigenvalue weighted by atomic mass is 16.7. The normalized spacial score (nSPS) is 13.5. The first kappa shape index (κ1) is 25.0. The van der Waals surface area contributed by atoms with E-state index in [4.69, 9.17) is 14.2 Å². The molecule has 0 radical (unpaired) electrons. The Balaban J connectivity index is 4.36. The predicted octanol–water partition coefficient (Wildman–Crippen LogP) is 5.96. The lowest BCUT2D eigenvalue weighted by Crippen LogP contribution is -2.15. The van der Waals surface area contributed by atoms with Gasteiger partial charge in [0.2, 0.25) is 6.29 Å². The van der Waals surface area contributed by atoms with Crippen LogP contribution in [-0.2, 0) is 23.8 Å². The number of carbonyl (C=O) groups is 2. The maximum absolute atomic E-state index is 11.7. The number of unbranched alkanes of at least 4 members (excludes halogenated alkanes) is 2. The molecule has 0 aliphatic heterocycles. The fourth-order valence-corrected chi connectivity index (χ4v) is 2.19. The fourth-order valence-electron chi connectivity index (χ4n) is 2.19. The minimum absolute atomic E-state index is 0.601. The van der Waals surface area contributed by atoms with Gasteiger partial charge in [-0.2, -0.15) is 0 Å². The summed E-state index contributed by atoms with van der Waals surface area (Å²) in [6, 6.07) is 0. The van der Waals surface area contributed by atoms with Crippen LogP contribution in [0.2, 0.25) is 0 Å². The molecule has 0 aliphatic carbocycles. The van der Waals surface area contributed by atoms with E-state index in [1.165, 1.54) is 11.8 Å². The van der Waals surface area contributed by atoms with Crippen molar-refractivity contribution < 1.29 is 23.8 Å². The third kappa shape index (κ3) is 13.8. The van der Waals surface area contributed by atoms with Gasteiger partial charge in [-0.25, -0.2) is 9.59 Å². The Hall–Kier alpha value is -2.04. The molecule has 0 spiro atoms. The summed E-state index contributed by atoms with van der Waals surface area (Å²) in [6.07, 6.45) is 12.5. The number of carbonyl (C=O) groups excluding carboxylic acids is 2. The quantitative estimate of drug-likeness (QED) is 0.161. The average molecular weight is 381 g/mol. The summed E-state index contributed by atoms with van der Waals surface area (Å²) in [6.45, 7) is 9.97. The summed E-state index contributed by atoms with van der Waals surface area (Å²) in [7, 11) is 0. The summed E-state index contributed by atoms with van der Waals surface area (Å²) in [4.78, 5) is 23.4. The largest absolute Gasteiger partial charge is 0.463 e. The third-order valence-electron chi connectivity index (χ3n) is 4.02. The Morgan fingerprint density at radius 1 is 0.815 bits per heavy atom. The van der Waals surface area contributed by atoms with E-state index in [9.17, 15) is 9.59 Å². The molecule has 1 atom stereocenters. The van der Waals surface area contributed by atoms with Gasteiger partial charge in [-0.3, -0.25) is 0 Å². The van der Waals surface area contributed by atoms with Gasteiger partial charge in [0.25, 0.3) is 0 Å². The van der Waals surface area contributed by atoms with Crippen LogP contribution in [0.5, 0.6) is 0 Å². The molecule has 0 aromatic carbocycles. The number of hydrogen-bond donors (Lipinski definition) is 0. The molecule has 0 aromatic heterocycles. The molecule has 0 aromatic rings. The van der Waals surface area contributed by atoms with Crippen LogP contribution in [0.15, 0.2) is 35.8 Å². The molecule has 0 saturated heterocycles. The number of hydrogen-bond acceptors (Lipinski definition) is 5. The molecule has 5 nitrogen and oxygen atoms in total. The summed E-state index contributed by atoms with van der Waals surface area (Å²) in [5.41, 5.74) is 2.25. The topological polar surface area (TPSA) is 61.8 Å². The third-order valence-corrected chi connectivity index (χ3v) is 4.02. The summed E-state index contributed by atoms with van der Waals surface area (Å²) in [5, 5.41) is 0. The van der Waals surface area contributed by atoms with E-state index in [0.29, 0.717) is 0 Å². The van der Waals surface area contributed by atoms with Crippen LogP contribution in [0.25, 0.3) is 0 Å². The van der Waals surface area contributed by atoms with E-state index in [1.54, 1.807) is 13.2 Å². The van der Waals surface area contributed by atoms with Gasteiger partial charge in [0.15, 0.2) is 0 Å². The summed E-state index contributed by atoms with van der Waals surface area (Å²) < 4.78 is 15.6. The highest BCUT2D eigenvalue weighted by Crippen LogP contribution is 2.13. The van der Waals surface area contributed by atoms with Crippen molar-refractivity contribution in [3.63, 3.8) is 0 Å². The van der Waals surface area contributed by atoms with Gasteiger partial charge in [-0.1, -0.05) is 40.5 Å². The molecule has 0 rings (SSSR count). The number of allylic oxidation sites excluding steroid dienone is 2. The highest BCUT2D eigenvalue weighted by Gasteiger charge is 2.07. The zero-order chi connectivity index (χ0) is 20.5. The molecule has 1 unspecified atom stereocenters. The molecule has 0 heterocycles. The molecular formula is C22H36O5. The van der Waals surface area contributed by atoms with Crippen LogP contribution in [0.1, 0.15) is 86.0 Å². The highest BCUT2D eigenvalue weighted by molar-refractivity contribution is 5.91. The van der Waals surface area contributed by atoms with Gasteiger partial charge < -0.3 is 14.2 Å². The molecule has 5 heteroatoms. The smallest absolute Gasteiger partial charge is 0.335 e. The van der Waals surface area contributed by atoms with E-state index in [0.717, 1.165) is 69.1 Å². The zero-order valence-electron chi connectivity index (χ0n) is 17.6. The average Bonchev–Trinajstić information content (AvgIpc) is 2.66. The van der Waals surface area contributed by atoms with Crippen LogP contribution >= 0.6 is 0 Å². The molecule has 0 fully saturated rings. The van der Waals surface area contributed by atoms with E-state index in [1.807, 2.05) is 6.92 Å². The standard InChI is InChI=1S/C22H36O5/c1-6-10-12-19(8-3)16-25-18(5)27-22(24)15-14-21(23)26-17-20(9-4)13-11-7-2/h14-18H,6-13H2,1-5H3/b15-14-,19-16+,20-17-. The van der Waals surface area contributed by atoms with Gasteiger partial charge in [0.05, 0.1) is 12.5 Å². The van der Waals surface area contributed by atoms with Gasteiger partial charge in [-0.05, 0) is 49.7 Å². The van der Waals surface area contributed by atoms with E-state index in [2.05, 4.69) is 20.8 Å². The Kier molecular flexibility index (Phi) is 14.9. The lowest BCUT2D eigenvalue weighted by molar-refractivity contribution is -0.160. The Morgan fingerprint density at radius 3 is 1.85 bits per heavy atom. The summed E-state index contributed by atoms with van der Waals surface area (Å²) in [5.74, 6) is -1.25. The van der Waals surface area contributed by atoms with Crippen molar-refractivity contribution >= 4 is 11.9 Å². The number of rotatable bonds is 14. The van der Waals surface area contributed by atoms with Crippen molar-refractivity contribution in [2.45, 2.75) is 92.3 Å². The lowest BCUT2D eigenvalue weighted by atomic mass is 10.1. The van der Waals surface area contributed by atoms with E-state index >= 15 is 0 Å². The van der Waals surface area contributed by atoms with Crippen molar-refractivity contribution in [3.8, 4) is 0 Å². The van der Waals surface area contributed by atoms with E-state index in [-0.39, 0.29) is 0 Å². The van der Waals surface area contributed by atoms with Crippen molar-refractivity contribution in [1.29, 1.82) is 0 Å². The first-order valence-electron chi connectivity index (χ1n) is 10.1. The maximum atomic E-state index is 11.7. The second kappa shape index (κ2) is 16.2. The second-order valence-electron chi connectivity index (χ2n) is 6.38. The lowest BCUT2D eigenvalue weighted by Gasteiger charge is -2.12. The first-order valence-corrected chi connectivity index (χ1v) is 10.1. The Morgan fingerprint density at radius 2 is 1.33 bits per heavy atom. The molecule has 0 amide bonds. The minimum Gasteiger partial charge on any atom is -0.463 e. The van der Waals surface area contributed by atoms with Gasteiger partial charge in [-0.15, -0.1) is 0 Å². The van der Waals surface area contributed by atoms with Gasteiger partial charge in [0, 0.05) is 19.1 Å². The van der Waals surface area contributed by atoms with Crippen LogP contribution in [0.4, 0.5) is 0 Å². The Labute approximate surface area is 164 Å². The van der Waals surface area contributed by atoms with Crippen LogP contribution < -0.4 is 0 Å². The molecule has 0 N–H and O–H groups in total. The van der Waals surface area contributed by atoms with Crippen molar-refractivity contribution in [2.24, 2.45) is 0 Å². The monoisotopic (exact) mass is 380 g/mol. The van der Waals surface area contributed by atoms with Crippen molar-refractivity contribution in [2.75, 3.05) is 0 Å². The summed E-state index contributed by atoms with van der Waals surface area (Å²) >= 11 is 0. The molecule has 0 saturated carbocycles. The molecule has 0 bridgehead atoms. The van der Waals surface area contributed by atoms with Gasteiger partial charge in [0.1, 0.15) is 0 Å².